The van der Waals surface area contributed by atoms with Gasteiger partial charge in [0.25, 0.3) is 0 Å². The summed E-state index contributed by atoms with van der Waals surface area (Å²) in [5, 5.41) is 3.58. The molecule has 0 aromatic heterocycles. The highest BCUT2D eigenvalue weighted by Gasteiger charge is 2.32. The topological polar surface area (TPSA) is 67.9 Å². The molecule has 6 nitrogen and oxygen atoms in total. The molecule has 2 aliphatic heterocycles. The fraction of sp³-hybridized carbons (Fsp3) is 0.647. The molecule has 1 N–H and O–H groups in total. The van der Waals surface area contributed by atoms with Crippen LogP contribution in [0.15, 0.2) is 17.0 Å². The highest BCUT2D eigenvalue weighted by molar-refractivity contribution is 7.89. The summed E-state index contributed by atoms with van der Waals surface area (Å²) in [6.07, 6.45) is 4.42. The second-order valence-corrected chi connectivity index (χ2v) is 8.91. The maximum atomic E-state index is 13.0. The van der Waals surface area contributed by atoms with Gasteiger partial charge in [-0.25, -0.2) is 8.42 Å². The van der Waals surface area contributed by atoms with Crippen molar-refractivity contribution < 1.29 is 17.9 Å². The molecule has 0 amide bonds. The van der Waals surface area contributed by atoms with E-state index in [1.54, 1.807) is 23.4 Å². The number of benzene rings is 1. The van der Waals surface area contributed by atoms with Gasteiger partial charge in [0.1, 0.15) is 0 Å². The molecule has 2 heterocycles. The lowest BCUT2D eigenvalue weighted by atomic mass is 10.1. The van der Waals surface area contributed by atoms with Crippen LogP contribution in [0.4, 0.5) is 0 Å². The molecule has 0 bridgehead atoms. The Labute approximate surface area is 155 Å². The number of halogens is 1. The summed E-state index contributed by atoms with van der Waals surface area (Å²) in [5.41, 5.74) is 0.702. The average Bonchev–Trinajstić information content (AvgIpc) is 3.29. The molecular formula is C17H25ClN2O4S. The van der Waals surface area contributed by atoms with Crippen molar-refractivity contribution in [3.63, 3.8) is 0 Å². The normalized spacial score (nSPS) is 21.2. The summed E-state index contributed by atoms with van der Waals surface area (Å²) in [6, 6.07) is 3.79. The number of hydrogen-bond acceptors (Lipinski definition) is 5. The lowest BCUT2D eigenvalue weighted by molar-refractivity contribution is 0.174. The van der Waals surface area contributed by atoms with Gasteiger partial charge in [-0.05, 0) is 56.7 Å². The van der Waals surface area contributed by atoms with E-state index in [-0.39, 0.29) is 19.2 Å². The predicted molar refractivity (Wildman–Crippen MR) is 97.1 cm³/mol. The van der Waals surface area contributed by atoms with Gasteiger partial charge in [-0.2, -0.15) is 4.31 Å². The zero-order valence-corrected chi connectivity index (χ0v) is 16.0. The zero-order valence-electron chi connectivity index (χ0n) is 14.4. The first-order valence-electron chi connectivity index (χ1n) is 8.68. The molecule has 3 aliphatic rings. The Balaban J connectivity index is 0.00000182. The van der Waals surface area contributed by atoms with Gasteiger partial charge in [0.15, 0.2) is 11.5 Å². The monoisotopic (exact) mass is 388 g/mol. The molecule has 1 saturated heterocycles. The van der Waals surface area contributed by atoms with Crippen LogP contribution in [-0.2, 0) is 10.0 Å². The Hall–Kier alpha value is -1.02. The number of ether oxygens (including phenoxy) is 2. The fourth-order valence-electron chi connectivity index (χ4n) is 3.40. The van der Waals surface area contributed by atoms with Gasteiger partial charge in [-0.3, -0.25) is 0 Å². The van der Waals surface area contributed by atoms with E-state index in [4.69, 9.17) is 9.47 Å². The van der Waals surface area contributed by atoms with E-state index in [9.17, 15) is 8.42 Å². The smallest absolute Gasteiger partial charge is 0.243 e. The first-order chi connectivity index (χ1) is 11.5. The van der Waals surface area contributed by atoms with E-state index >= 15 is 0 Å². The van der Waals surface area contributed by atoms with Crippen molar-refractivity contribution in [2.24, 2.45) is 5.92 Å². The lowest BCUT2D eigenvalue weighted by Crippen LogP contribution is -2.45. The molecule has 0 unspecified atom stereocenters. The quantitative estimate of drug-likeness (QED) is 0.838. The van der Waals surface area contributed by atoms with Crippen molar-refractivity contribution >= 4 is 22.4 Å². The third-order valence-electron chi connectivity index (χ3n) is 5.13. The van der Waals surface area contributed by atoms with Crippen molar-refractivity contribution in [2.75, 3.05) is 26.4 Å². The van der Waals surface area contributed by atoms with Crippen LogP contribution in [0.3, 0.4) is 0 Å². The van der Waals surface area contributed by atoms with Crippen LogP contribution < -0.4 is 14.8 Å². The third kappa shape index (κ3) is 3.89. The summed E-state index contributed by atoms with van der Waals surface area (Å²) in [4.78, 5) is 0.330. The molecule has 1 aromatic rings. The molecular weight excluding hydrogens is 364 g/mol. The van der Waals surface area contributed by atoms with Crippen molar-refractivity contribution in [1.82, 2.24) is 9.62 Å². The van der Waals surface area contributed by atoms with Crippen LogP contribution in [0.5, 0.6) is 11.5 Å². The molecule has 4 rings (SSSR count). The van der Waals surface area contributed by atoms with E-state index in [1.807, 2.05) is 0 Å². The van der Waals surface area contributed by atoms with Gasteiger partial charge in [0.2, 0.25) is 16.8 Å². The van der Waals surface area contributed by atoms with Gasteiger partial charge < -0.3 is 14.8 Å². The fourth-order valence-corrected chi connectivity index (χ4v) is 5.09. The molecule has 8 heteroatoms. The molecule has 2 fully saturated rings. The molecule has 140 valence electrons. The van der Waals surface area contributed by atoms with Crippen molar-refractivity contribution in [3.8, 4) is 11.5 Å². The maximum Gasteiger partial charge on any atom is 0.243 e. The summed E-state index contributed by atoms with van der Waals surface area (Å²) >= 11 is 0. The molecule has 0 radical (unpaired) electrons. The predicted octanol–water partition coefficient (Wildman–Crippen LogP) is 2.30. The van der Waals surface area contributed by atoms with E-state index < -0.39 is 10.0 Å². The number of rotatable bonds is 5. The van der Waals surface area contributed by atoms with Crippen molar-refractivity contribution in [1.29, 1.82) is 0 Å². The largest absolute Gasteiger partial charge is 0.454 e. The SMILES string of the molecule is Cc1cc2c(cc1S(=O)(=O)N1CCC(NCC3CC3)CC1)OCO2.Cl. The van der Waals surface area contributed by atoms with Gasteiger partial charge in [-0.1, -0.05) is 0 Å². The van der Waals surface area contributed by atoms with Crippen LogP contribution >= 0.6 is 12.4 Å². The number of nitrogens with zero attached hydrogens (tertiary/aromatic N) is 1. The Morgan fingerprint density at radius 2 is 1.76 bits per heavy atom. The number of nitrogens with one attached hydrogen (secondary N) is 1. The first-order valence-corrected chi connectivity index (χ1v) is 10.1. The van der Waals surface area contributed by atoms with Crippen molar-refractivity contribution in [3.05, 3.63) is 17.7 Å². The van der Waals surface area contributed by atoms with Crippen molar-refractivity contribution in [2.45, 2.75) is 43.5 Å². The first kappa shape index (κ1) is 18.8. The van der Waals surface area contributed by atoms with Crippen LogP contribution in [0.1, 0.15) is 31.2 Å². The summed E-state index contributed by atoms with van der Waals surface area (Å²) in [5.74, 6) is 1.98. The van der Waals surface area contributed by atoms with Crippen LogP contribution in [0.25, 0.3) is 0 Å². The summed E-state index contributed by atoms with van der Waals surface area (Å²) in [6.45, 7) is 4.17. The molecule has 1 aromatic carbocycles. The molecule has 1 saturated carbocycles. The highest BCUT2D eigenvalue weighted by atomic mass is 35.5. The van der Waals surface area contributed by atoms with E-state index in [0.717, 1.165) is 25.3 Å². The Bertz CT molecular complexity index is 728. The van der Waals surface area contributed by atoms with E-state index in [0.29, 0.717) is 41.1 Å². The average molecular weight is 389 g/mol. The van der Waals surface area contributed by atoms with Gasteiger partial charge >= 0.3 is 0 Å². The Morgan fingerprint density at radius 3 is 2.40 bits per heavy atom. The second kappa shape index (κ2) is 7.31. The standard InChI is InChI=1S/C17H24N2O4S.ClH/c1-12-8-15-16(23-11-22-15)9-17(12)24(20,21)19-6-4-14(5-7-19)18-10-13-2-3-13;/h8-9,13-14,18H,2-7,10-11H2,1H3;1H. The minimum absolute atomic E-state index is 0. The third-order valence-corrected chi connectivity index (χ3v) is 7.17. The minimum atomic E-state index is -3.49. The second-order valence-electron chi connectivity index (χ2n) is 7.00. The zero-order chi connectivity index (χ0) is 16.7. The maximum absolute atomic E-state index is 13.0. The minimum Gasteiger partial charge on any atom is -0.454 e. The van der Waals surface area contributed by atoms with Crippen LogP contribution in [0.2, 0.25) is 0 Å². The Kier molecular flexibility index (Phi) is 5.48. The molecule has 0 atom stereocenters. The number of sulfonamides is 1. The van der Waals surface area contributed by atoms with Gasteiger partial charge in [-0.15, -0.1) is 12.4 Å². The lowest BCUT2D eigenvalue weighted by Gasteiger charge is -2.32. The summed E-state index contributed by atoms with van der Waals surface area (Å²) < 4.78 is 38.3. The van der Waals surface area contributed by atoms with Crippen LogP contribution in [0, 0.1) is 12.8 Å². The van der Waals surface area contributed by atoms with Gasteiger partial charge in [0.05, 0.1) is 4.90 Å². The van der Waals surface area contributed by atoms with Crippen LogP contribution in [-0.4, -0.2) is 45.2 Å². The van der Waals surface area contributed by atoms with Gasteiger partial charge in [0, 0.05) is 25.2 Å². The summed E-state index contributed by atoms with van der Waals surface area (Å²) in [7, 11) is -3.49. The number of hydrogen-bond donors (Lipinski definition) is 1. The number of aryl methyl sites for hydroxylation is 1. The van der Waals surface area contributed by atoms with E-state index in [1.165, 1.54) is 12.8 Å². The molecule has 25 heavy (non-hydrogen) atoms. The Morgan fingerprint density at radius 1 is 1.12 bits per heavy atom. The molecule has 1 aliphatic carbocycles. The molecule has 0 spiro atoms. The highest BCUT2D eigenvalue weighted by Crippen LogP contribution is 2.37. The number of piperidine rings is 1. The number of fused-ring (bicyclic) bond motifs is 1. The van der Waals surface area contributed by atoms with E-state index in [2.05, 4.69) is 5.32 Å².